The number of rotatable bonds is 4. The number of hydrogen-bond donors (Lipinski definition) is 1. The number of aromatic nitrogens is 2. The highest BCUT2D eigenvalue weighted by Crippen LogP contribution is 2.37. The van der Waals surface area contributed by atoms with Gasteiger partial charge in [0.05, 0.1) is 6.20 Å². The van der Waals surface area contributed by atoms with Gasteiger partial charge in [-0.3, -0.25) is 4.68 Å². The fourth-order valence-corrected chi connectivity index (χ4v) is 2.16. The molecule has 0 spiro atoms. The smallest absolute Gasteiger partial charge is 0.0537 e. The molecule has 2 rings (SSSR count). The van der Waals surface area contributed by atoms with Gasteiger partial charge in [-0.15, -0.1) is 0 Å². The average Bonchev–Trinajstić information content (AvgIpc) is 2.58. The highest BCUT2D eigenvalue weighted by atomic mass is 15.3. The second-order valence-electron chi connectivity index (χ2n) is 4.09. The molecule has 1 aliphatic carbocycles. The lowest BCUT2D eigenvalue weighted by molar-refractivity contribution is 0.239. The zero-order valence-corrected chi connectivity index (χ0v) is 9.03. The van der Waals surface area contributed by atoms with Crippen LogP contribution >= 0.6 is 0 Å². The minimum atomic E-state index is 0.518. The summed E-state index contributed by atoms with van der Waals surface area (Å²) in [6.07, 6.45) is 8.29. The Hall–Kier alpha value is -0.830. The minimum absolute atomic E-state index is 0.518. The molecule has 1 aromatic heterocycles. The van der Waals surface area contributed by atoms with Crippen LogP contribution in [0.1, 0.15) is 37.8 Å². The quantitative estimate of drug-likeness (QED) is 0.792. The molecule has 0 bridgehead atoms. The van der Waals surface area contributed by atoms with Crippen LogP contribution in [0.3, 0.4) is 0 Å². The molecule has 1 atom stereocenters. The van der Waals surface area contributed by atoms with Crippen LogP contribution in [-0.4, -0.2) is 16.8 Å². The van der Waals surface area contributed by atoms with Crippen molar-refractivity contribution in [2.24, 2.45) is 5.92 Å². The van der Waals surface area contributed by atoms with Crippen molar-refractivity contribution in [3.8, 4) is 0 Å². The van der Waals surface area contributed by atoms with E-state index in [1.165, 1.54) is 24.8 Å². The molecule has 0 amide bonds. The molecule has 0 radical (unpaired) electrons. The topological polar surface area (TPSA) is 29.9 Å². The van der Waals surface area contributed by atoms with Crippen LogP contribution in [-0.2, 0) is 6.54 Å². The SMILES string of the molecule is CCn1cc(C(NC)C2CCC2)cn1. The van der Waals surface area contributed by atoms with Crippen LogP contribution in [0.25, 0.3) is 0 Å². The van der Waals surface area contributed by atoms with Gasteiger partial charge in [0.15, 0.2) is 0 Å². The summed E-state index contributed by atoms with van der Waals surface area (Å²) in [5.41, 5.74) is 1.35. The molecule has 0 aromatic carbocycles. The van der Waals surface area contributed by atoms with E-state index in [2.05, 4.69) is 23.5 Å². The fourth-order valence-electron chi connectivity index (χ4n) is 2.16. The van der Waals surface area contributed by atoms with Crippen LogP contribution in [0.4, 0.5) is 0 Å². The average molecular weight is 193 g/mol. The fraction of sp³-hybridized carbons (Fsp3) is 0.727. The van der Waals surface area contributed by atoms with Gasteiger partial charge in [0.25, 0.3) is 0 Å². The third kappa shape index (κ3) is 1.69. The lowest BCUT2D eigenvalue weighted by Crippen LogP contribution is -2.29. The summed E-state index contributed by atoms with van der Waals surface area (Å²) < 4.78 is 2.00. The Morgan fingerprint density at radius 1 is 1.64 bits per heavy atom. The Bertz CT molecular complexity index is 288. The van der Waals surface area contributed by atoms with Crippen molar-refractivity contribution in [2.75, 3.05) is 7.05 Å². The first kappa shape index (κ1) is 9.71. The van der Waals surface area contributed by atoms with E-state index in [9.17, 15) is 0 Å². The van der Waals surface area contributed by atoms with Gasteiger partial charge in [0.1, 0.15) is 0 Å². The van der Waals surface area contributed by atoms with Crippen molar-refractivity contribution in [3.63, 3.8) is 0 Å². The third-order valence-electron chi connectivity index (χ3n) is 3.27. The van der Waals surface area contributed by atoms with E-state index in [0.717, 1.165) is 12.5 Å². The molecule has 3 nitrogen and oxygen atoms in total. The first-order chi connectivity index (χ1) is 6.85. The maximum atomic E-state index is 4.32. The molecule has 1 unspecified atom stereocenters. The maximum absolute atomic E-state index is 4.32. The Morgan fingerprint density at radius 3 is 2.86 bits per heavy atom. The monoisotopic (exact) mass is 193 g/mol. The van der Waals surface area contributed by atoms with Gasteiger partial charge in [-0.05, 0) is 32.7 Å². The van der Waals surface area contributed by atoms with Crippen molar-refractivity contribution in [3.05, 3.63) is 18.0 Å². The molecule has 14 heavy (non-hydrogen) atoms. The molecule has 0 aliphatic heterocycles. The second-order valence-corrected chi connectivity index (χ2v) is 4.09. The normalized spacial score (nSPS) is 19.3. The zero-order chi connectivity index (χ0) is 9.97. The molecule has 1 N–H and O–H groups in total. The van der Waals surface area contributed by atoms with Crippen LogP contribution in [0.15, 0.2) is 12.4 Å². The molecule has 78 valence electrons. The van der Waals surface area contributed by atoms with Crippen LogP contribution in [0, 0.1) is 5.92 Å². The largest absolute Gasteiger partial charge is 0.313 e. The van der Waals surface area contributed by atoms with Crippen LogP contribution in [0.5, 0.6) is 0 Å². The Morgan fingerprint density at radius 2 is 2.43 bits per heavy atom. The predicted molar refractivity (Wildman–Crippen MR) is 57.0 cm³/mol. The lowest BCUT2D eigenvalue weighted by atomic mass is 9.78. The summed E-state index contributed by atoms with van der Waals surface area (Å²) in [5.74, 6) is 0.828. The Labute approximate surface area is 85.5 Å². The summed E-state index contributed by atoms with van der Waals surface area (Å²) in [5, 5.41) is 7.73. The van der Waals surface area contributed by atoms with E-state index in [4.69, 9.17) is 0 Å². The minimum Gasteiger partial charge on any atom is -0.313 e. The van der Waals surface area contributed by atoms with Crippen molar-refractivity contribution in [1.29, 1.82) is 0 Å². The Balaban J connectivity index is 2.09. The maximum Gasteiger partial charge on any atom is 0.0537 e. The first-order valence-electron chi connectivity index (χ1n) is 5.54. The first-order valence-corrected chi connectivity index (χ1v) is 5.54. The van der Waals surface area contributed by atoms with Crippen molar-refractivity contribution in [2.45, 2.75) is 38.8 Å². The van der Waals surface area contributed by atoms with Crippen molar-refractivity contribution in [1.82, 2.24) is 15.1 Å². The van der Waals surface area contributed by atoms with Gasteiger partial charge in [-0.1, -0.05) is 6.42 Å². The number of nitrogens with zero attached hydrogens (tertiary/aromatic N) is 2. The van der Waals surface area contributed by atoms with Gasteiger partial charge >= 0.3 is 0 Å². The third-order valence-corrected chi connectivity index (χ3v) is 3.27. The van der Waals surface area contributed by atoms with Gasteiger partial charge < -0.3 is 5.32 Å². The Kier molecular flexibility index (Phi) is 2.87. The highest BCUT2D eigenvalue weighted by Gasteiger charge is 2.27. The number of nitrogens with one attached hydrogen (secondary N) is 1. The summed E-state index contributed by atoms with van der Waals surface area (Å²) in [4.78, 5) is 0. The molecule has 1 fully saturated rings. The van der Waals surface area contributed by atoms with E-state index in [1.54, 1.807) is 0 Å². The van der Waals surface area contributed by atoms with E-state index >= 15 is 0 Å². The lowest BCUT2D eigenvalue weighted by Gasteiger charge is -2.33. The van der Waals surface area contributed by atoms with Gasteiger partial charge in [0, 0.05) is 24.3 Å². The van der Waals surface area contributed by atoms with Gasteiger partial charge in [-0.2, -0.15) is 5.10 Å². The van der Waals surface area contributed by atoms with E-state index in [0.29, 0.717) is 6.04 Å². The zero-order valence-electron chi connectivity index (χ0n) is 9.03. The van der Waals surface area contributed by atoms with E-state index in [1.807, 2.05) is 17.9 Å². The molecule has 3 heteroatoms. The highest BCUT2D eigenvalue weighted by molar-refractivity contribution is 5.12. The summed E-state index contributed by atoms with van der Waals surface area (Å²) in [7, 11) is 2.05. The summed E-state index contributed by atoms with van der Waals surface area (Å²) in [6.45, 7) is 3.08. The van der Waals surface area contributed by atoms with Crippen LogP contribution < -0.4 is 5.32 Å². The molecular formula is C11H19N3. The molecule has 1 heterocycles. The number of hydrogen-bond acceptors (Lipinski definition) is 2. The molecule has 1 saturated carbocycles. The van der Waals surface area contributed by atoms with Gasteiger partial charge in [-0.25, -0.2) is 0 Å². The standard InChI is InChI=1S/C11H19N3/c1-3-14-8-10(7-13-14)11(12-2)9-5-4-6-9/h7-9,11-12H,3-6H2,1-2H3. The molecule has 1 aromatic rings. The molecule has 1 aliphatic rings. The second kappa shape index (κ2) is 4.13. The summed E-state index contributed by atoms with van der Waals surface area (Å²) >= 11 is 0. The summed E-state index contributed by atoms with van der Waals surface area (Å²) in [6, 6.07) is 0.518. The van der Waals surface area contributed by atoms with E-state index in [-0.39, 0.29) is 0 Å². The van der Waals surface area contributed by atoms with Gasteiger partial charge in [0.2, 0.25) is 0 Å². The molecule has 0 saturated heterocycles. The van der Waals surface area contributed by atoms with Crippen molar-refractivity contribution >= 4 is 0 Å². The van der Waals surface area contributed by atoms with Crippen LogP contribution in [0.2, 0.25) is 0 Å². The number of aryl methyl sites for hydroxylation is 1. The molecular weight excluding hydrogens is 174 g/mol. The van der Waals surface area contributed by atoms with E-state index < -0.39 is 0 Å². The van der Waals surface area contributed by atoms with Crippen molar-refractivity contribution < 1.29 is 0 Å². The predicted octanol–water partition coefficient (Wildman–Crippen LogP) is 1.96.